The number of rotatable bonds is 8. The molecule has 176 valence electrons. The summed E-state index contributed by atoms with van der Waals surface area (Å²) in [6.45, 7) is 9.36. The highest BCUT2D eigenvalue weighted by molar-refractivity contribution is 5.95. The number of hydrogen-bond donors (Lipinski definition) is 0. The number of benzene rings is 2. The summed E-state index contributed by atoms with van der Waals surface area (Å²) in [6.07, 6.45) is 1.65. The molecule has 7 nitrogen and oxygen atoms in total. The van der Waals surface area contributed by atoms with Crippen molar-refractivity contribution in [2.45, 2.75) is 34.2 Å². The molecular formula is C27H30N4O3. The van der Waals surface area contributed by atoms with Crippen LogP contribution in [0.25, 0.3) is 16.8 Å². The molecule has 0 spiro atoms. The van der Waals surface area contributed by atoms with Gasteiger partial charge < -0.3 is 14.4 Å². The van der Waals surface area contributed by atoms with Gasteiger partial charge in [0.1, 0.15) is 0 Å². The van der Waals surface area contributed by atoms with Crippen molar-refractivity contribution in [3.63, 3.8) is 0 Å². The number of aromatic nitrogens is 3. The Balaban J connectivity index is 1.71. The van der Waals surface area contributed by atoms with Gasteiger partial charge in [-0.05, 0) is 51.0 Å². The third-order valence-electron chi connectivity index (χ3n) is 5.73. The molecule has 0 bridgehead atoms. The predicted molar refractivity (Wildman–Crippen MR) is 132 cm³/mol. The second kappa shape index (κ2) is 9.95. The molecule has 0 radical (unpaired) electrons. The van der Waals surface area contributed by atoms with E-state index in [1.54, 1.807) is 22.7 Å². The van der Waals surface area contributed by atoms with Gasteiger partial charge in [-0.1, -0.05) is 36.4 Å². The van der Waals surface area contributed by atoms with Crippen molar-refractivity contribution in [1.82, 2.24) is 19.5 Å². The van der Waals surface area contributed by atoms with Crippen LogP contribution in [0.3, 0.4) is 0 Å². The van der Waals surface area contributed by atoms with E-state index in [9.17, 15) is 4.79 Å². The number of fused-ring (bicyclic) bond motifs is 1. The zero-order valence-electron chi connectivity index (χ0n) is 20.3. The van der Waals surface area contributed by atoms with E-state index in [-0.39, 0.29) is 5.91 Å². The lowest BCUT2D eigenvalue weighted by Crippen LogP contribution is -2.27. The van der Waals surface area contributed by atoms with Crippen LogP contribution in [0.1, 0.15) is 41.2 Å². The molecule has 4 rings (SSSR count). The van der Waals surface area contributed by atoms with Crippen LogP contribution in [0.2, 0.25) is 0 Å². The van der Waals surface area contributed by atoms with Gasteiger partial charge in [0, 0.05) is 25.4 Å². The molecule has 7 heteroatoms. The van der Waals surface area contributed by atoms with E-state index in [0.717, 1.165) is 28.1 Å². The number of hydrogen-bond acceptors (Lipinski definition) is 5. The number of carbonyl (C=O) groups excluding carboxylic acids is 1. The Morgan fingerprint density at radius 2 is 1.71 bits per heavy atom. The number of nitrogens with zero attached hydrogens (tertiary/aromatic N) is 4. The van der Waals surface area contributed by atoms with Crippen molar-refractivity contribution < 1.29 is 14.3 Å². The van der Waals surface area contributed by atoms with Gasteiger partial charge in [0.15, 0.2) is 17.1 Å². The number of amides is 1. The van der Waals surface area contributed by atoms with Crippen LogP contribution in [0.5, 0.6) is 11.5 Å². The highest BCUT2D eigenvalue weighted by Gasteiger charge is 2.21. The molecule has 4 aromatic rings. The zero-order valence-corrected chi connectivity index (χ0v) is 20.3. The molecule has 2 heterocycles. The molecule has 0 saturated carbocycles. The maximum atomic E-state index is 13.2. The Bertz CT molecular complexity index is 1310. The van der Waals surface area contributed by atoms with Gasteiger partial charge in [-0.2, -0.15) is 5.10 Å². The summed E-state index contributed by atoms with van der Waals surface area (Å²) in [6, 6.07) is 15.8. The fraction of sp³-hybridized carbons (Fsp3) is 0.296. The summed E-state index contributed by atoms with van der Waals surface area (Å²) >= 11 is 0. The van der Waals surface area contributed by atoms with Crippen LogP contribution in [-0.2, 0) is 6.54 Å². The van der Waals surface area contributed by atoms with Gasteiger partial charge in [0.05, 0.1) is 30.2 Å². The molecule has 0 saturated heterocycles. The minimum atomic E-state index is -0.0924. The van der Waals surface area contributed by atoms with Crippen molar-refractivity contribution >= 4 is 11.6 Å². The maximum Gasteiger partial charge on any atom is 0.257 e. The summed E-state index contributed by atoms with van der Waals surface area (Å²) in [4.78, 5) is 19.6. The molecular weight excluding hydrogens is 428 g/mol. The first kappa shape index (κ1) is 23.3. The monoisotopic (exact) mass is 458 g/mol. The first-order chi connectivity index (χ1) is 16.4. The Morgan fingerprint density at radius 3 is 2.41 bits per heavy atom. The van der Waals surface area contributed by atoms with Crippen LogP contribution in [0.15, 0.2) is 54.7 Å². The van der Waals surface area contributed by atoms with Gasteiger partial charge in [-0.15, -0.1) is 0 Å². The zero-order chi connectivity index (χ0) is 24.2. The van der Waals surface area contributed by atoms with Crippen LogP contribution >= 0.6 is 0 Å². The van der Waals surface area contributed by atoms with E-state index in [1.807, 2.05) is 76.2 Å². The second-order valence-corrected chi connectivity index (χ2v) is 8.13. The Kier molecular flexibility index (Phi) is 6.82. The molecule has 0 fully saturated rings. The van der Waals surface area contributed by atoms with E-state index in [2.05, 4.69) is 4.98 Å². The molecule has 34 heavy (non-hydrogen) atoms. The highest BCUT2D eigenvalue weighted by Crippen LogP contribution is 2.36. The van der Waals surface area contributed by atoms with Gasteiger partial charge in [-0.3, -0.25) is 4.79 Å². The third-order valence-corrected chi connectivity index (χ3v) is 5.73. The second-order valence-electron chi connectivity index (χ2n) is 8.13. The lowest BCUT2D eigenvalue weighted by Gasteiger charge is -2.18. The number of aryl methyl sites for hydroxylation is 2. The molecule has 0 N–H and O–H groups in total. The number of ether oxygens (including phenoxy) is 2. The van der Waals surface area contributed by atoms with Gasteiger partial charge in [0.2, 0.25) is 0 Å². The Hall–Kier alpha value is -3.87. The van der Waals surface area contributed by atoms with Gasteiger partial charge >= 0.3 is 0 Å². The van der Waals surface area contributed by atoms with Crippen molar-refractivity contribution in [1.29, 1.82) is 0 Å². The molecule has 0 aliphatic heterocycles. The summed E-state index contributed by atoms with van der Waals surface area (Å²) in [5.74, 6) is 1.30. The molecule has 1 amide bonds. The minimum absolute atomic E-state index is 0.0924. The fourth-order valence-electron chi connectivity index (χ4n) is 4.09. The standard InChI is InChI=1S/C27H30N4O3/c1-6-33-23-14-13-21(15-24(23)34-7-2)25-18(3)29-31-19(4)22(16-28-26(25)31)27(32)30(5)17-20-11-9-8-10-12-20/h8-16H,6-7,17H2,1-5H3. The average molecular weight is 459 g/mol. The molecule has 0 aliphatic rings. The first-order valence-electron chi connectivity index (χ1n) is 11.5. The van der Waals surface area contributed by atoms with Crippen molar-refractivity contribution in [3.8, 4) is 22.6 Å². The van der Waals surface area contributed by atoms with Crippen LogP contribution in [0.4, 0.5) is 0 Å². The smallest absolute Gasteiger partial charge is 0.257 e. The van der Waals surface area contributed by atoms with E-state index in [0.29, 0.717) is 42.5 Å². The SMILES string of the molecule is CCOc1ccc(-c2c(C)nn3c(C)c(C(=O)N(C)Cc4ccccc4)cnc23)cc1OCC. The van der Waals surface area contributed by atoms with E-state index >= 15 is 0 Å². The summed E-state index contributed by atoms with van der Waals surface area (Å²) in [5.41, 5.74) is 5.72. The fourth-order valence-corrected chi connectivity index (χ4v) is 4.09. The predicted octanol–water partition coefficient (Wildman–Crippen LogP) is 5.08. The Labute approximate surface area is 200 Å². The maximum absolute atomic E-state index is 13.2. The molecule has 2 aromatic carbocycles. The third kappa shape index (κ3) is 4.46. The van der Waals surface area contributed by atoms with Crippen molar-refractivity contribution in [3.05, 3.63) is 77.2 Å². The van der Waals surface area contributed by atoms with E-state index in [4.69, 9.17) is 14.6 Å². The van der Waals surface area contributed by atoms with Crippen LogP contribution in [0, 0.1) is 13.8 Å². The normalized spacial score (nSPS) is 11.0. The van der Waals surface area contributed by atoms with Crippen LogP contribution in [-0.4, -0.2) is 45.7 Å². The lowest BCUT2D eigenvalue weighted by atomic mass is 10.1. The lowest BCUT2D eigenvalue weighted by molar-refractivity contribution is 0.0783. The summed E-state index contributed by atoms with van der Waals surface area (Å²) in [7, 11) is 1.80. The largest absolute Gasteiger partial charge is 0.490 e. The van der Waals surface area contributed by atoms with Gasteiger partial charge in [-0.25, -0.2) is 9.50 Å². The molecule has 0 aliphatic carbocycles. The Morgan fingerprint density at radius 1 is 1.00 bits per heavy atom. The average Bonchev–Trinajstić information content (AvgIpc) is 3.18. The highest BCUT2D eigenvalue weighted by atomic mass is 16.5. The van der Waals surface area contributed by atoms with Gasteiger partial charge in [0.25, 0.3) is 5.91 Å². The molecule has 0 atom stereocenters. The first-order valence-corrected chi connectivity index (χ1v) is 11.5. The summed E-state index contributed by atoms with van der Waals surface area (Å²) in [5, 5.41) is 4.72. The molecule has 0 unspecified atom stereocenters. The quantitative estimate of drug-likeness (QED) is 0.368. The molecule has 2 aromatic heterocycles. The summed E-state index contributed by atoms with van der Waals surface area (Å²) < 4.78 is 13.3. The van der Waals surface area contributed by atoms with E-state index < -0.39 is 0 Å². The number of carbonyl (C=O) groups is 1. The minimum Gasteiger partial charge on any atom is -0.490 e. The van der Waals surface area contributed by atoms with Crippen molar-refractivity contribution in [2.75, 3.05) is 20.3 Å². The van der Waals surface area contributed by atoms with E-state index in [1.165, 1.54) is 0 Å². The van der Waals surface area contributed by atoms with Crippen molar-refractivity contribution in [2.24, 2.45) is 0 Å². The van der Waals surface area contributed by atoms with Crippen LogP contribution < -0.4 is 9.47 Å². The topological polar surface area (TPSA) is 69.0 Å².